The van der Waals surface area contributed by atoms with Crippen LogP contribution in [-0.2, 0) is 9.59 Å². The van der Waals surface area contributed by atoms with Crippen molar-refractivity contribution in [1.82, 2.24) is 9.80 Å². The Bertz CT molecular complexity index is 350. The van der Waals surface area contributed by atoms with Crippen LogP contribution in [0.2, 0.25) is 0 Å². The molecule has 0 aliphatic carbocycles. The van der Waals surface area contributed by atoms with Gasteiger partial charge >= 0.3 is 5.97 Å². The molecule has 110 valence electrons. The summed E-state index contributed by atoms with van der Waals surface area (Å²) in [7, 11) is 2.04. The molecule has 0 radical (unpaired) electrons. The maximum absolute atomic E-state index is 12.5. The Balaban J connectivity index is 2.90. The van der Waals surface area contributed by atoms with Gasteiger partial charge < -0.3 is 10.0 Å². The van der Waals surface area contributed by atoms with E-state index in [1.807, 2.05) is 7.05 Å². The average molecular weight is 270 g/mol. The molecule has 0 aromatic carbocycles. The zero-order valence-corrected chi connectivity index (χ0v) is 12.8. The lowest BCUT2D eigenvalue weighted by Gasteiger charge is -2.44. The van der Waals surface area contributed by atoms with Crippen molar-refractivity contribution in [2.24, 2.45) is 11.3 Å². The molecule has 1 rings (SSSR count). The van der Waals surface area contributed by atoms with Gasteiger partial charge in [-0.25, -0.2) is 0 Å². The van der Waals surface area contributed by atoms with Crippen LogP contribution in [0.25, 0.3) is 0 Å². The number of likely N-dealkylation sites (N-methyl/N-ethyl adjacent to an activating group) is 1. The number of carbonyl (C=O) groups is 2. The topological polar surface area (TPSA) is 60.9 Å². The molecule has 0 saturated carbocycles. The minimum atomic E-state index is -1.03. The molecule has 1 fully saturated rings. The molecule has 0 spiro atoms. The zero-order valence-electron chi connectivity index (χ0n) is 12.8. The second kappa shape index (κ2) is 5.49. The molecule has 1 N–H and O–H groups in total. The molecule has 1 saturated heterocycles. The van der Waals surface area contributed by atoms with Gasteiger partial charge in [0.15, 0.2) is 0 Å². The van der Waals surface area contributed by atoms with E-state index >= 15 is 0 Å². The Labute approximate surface area is 115 Å². The lowest BCUT2D eigenvalue weighted by Crippen LogP contribution is -2.59. The number of rotatable bonds is 2. The summed E-state index contributed by atoms with van der Waals surface area (Å²) in [6, 6.07) is 0.504. The highest BCUT2D eigenvalue weighted by Gasteiger charge is 2.42. The van der Waals surface area contributed by atoms with Crippen molar-refractivity contribution in [1.29, 1.82) is 0 Å². The van der Waals surface area contributed by atoms with Crippen LogP contribution in [0.5, 0.6) is 0 Å². The molecule has 5 nitrogen and oxygen atoms in total. The van der Waals surface area contributed by atoms with Crippen LogP contribution in [0.3, 0.4) is 0 Å². The number of carboxylic acids is 1. The van der Waals surface area contributed by atoms with Crippen molar-refractivity contribution < 1.29 is 14.7 Å². The summed E-state index contributed by atoms with van der Waals surface area (Å²) in [5.74, 6) is -2.26. The third kappa shape index (κ3) is 3.47. The van der Waals surface area contributed by atoms with Gasteiger partial charge in [-0.3, -0.25) is 14.5 Å². The van der Waals surface area contributed by atoms with Gasteiger partial charge in [-0.05, 0) is 26.3 Å². The van der Waals surface area contributed by atoms with Gasteiger partial charge in [0.2, 0.25) is 5.91 Å². The summed E-state index contributed by atoms with van der Waals surface area (Å²) in [6.07, 6.45) is 0. The third-order valence-corrected chi connectivity index (χ3v) is 4.03. The summed E-state index contributed by atoms with van der Waals surface area (Å²) in [4.78, 5) is 27.8. The fraction of sp³-hybridized carbons (Fsp3) is 0.857. The molecular formula is C14H26N2O3. The lowest BCUT2D eigenvalue weighted by molar-refractivity contribution is -0.158. The molecular weight excluding hydrogens is 244 g/mol. The largest absolute Gasteiger partial charge is 0.481 e. The van der Waals surface area contributed by atoms with Gasteiger partial charge in [0.25, 0.3) is 0 Å². The number of carbonyl (C=O) groups excluding carboxylic acids is 1. The first-order valence-corrected chi connectivity index (χ1v) is 6.79. The monoisotopic (exact) mass is 270 g/mol. The maximum Gasteiger partial charge on any atom is 0.316 e. The number of amides is 1. The zero-order chi connectivity index (χ0) is 15.0. The highest BCUT2D eigenvalue weighted by molar-refractivity contribution is 5.97. The summed E-state index contributed by atoms with van der Waals surface area (Å²) in [5.41, 5.74) is -0.571. The van der Waals surface area contributed by atoms with E-state index in [1.54, 1.807) is 25.7 Å². The molecule has 5 heteroatoms. The van der Waals surface area contributed by atoms with Crippen LogP contribution in [0.15, 0.2) is 0 Å². The van der Waals surface area contributed by atoms with E-state index in [1.165, 1.54) is 0 Å². The van der Waals surface area contributed by atoms with Crippen LogP contribution in [-0.4, -0.2) is 59.0 Å². The minimum absolute atomic E-state index is 0.252. The van der Waals surface area contributed by atoms with Crippen molar-refractivity contribution >= 4 is 11.9 Å². The van der Waals surface area contributed by atoms with Gasteiger partial charge in [-0.15, -0.1) is 0 Å². The van der Waals surface area contributed by atoms with Crippen LogP contribution >= 0.6 is 0 Å². The van der Waals surface area contributed by atoms with Gasteiger partial charge in [0.1, 0.15) is 5.92 Å². The number of nitrogens with zero attached hydrogens (tertiary/aromatic N) is 2. The highest BCUT2D eigenvalue weighted by Crippen LogP contribution is 2.29. The van der Waals surface area contributed by atoms with Crippen molar-refractivity contribution in [2.75, 3.05) is 20.1 Å². The molecule has 3 unspecified atom stereocenters. The van der Waals surface area contributed by atoms with Gasteiger partial charge in [-0.1, -0.05) is 20.8 Å². The van der Waals surface area contributed by atoms with Gasteiger partial charge in [0.05, 0.1) is 0 Å². The van der Waals surface area contributed by atoms with Crippen molar-refractivity contribution in [2.45, 2.75) is 46.7 Å². The molecule has 0 bridgehead atoms. The molecule has 0 aromatic rings. The number of piperazine rings is 1. The Morgan fingerprint density at radius 1 is 1.16 bits per heavy atom. The predicted octanol–water partition coefficient (Wildman–Crippen LogP) is 1.28. The predicted molar refractivity (Wildman–Crippen MR) is 73.8 cm³/mol. The Kier molecular flexibility index (Phi) is 4.61. The fourth-order valence-corrected chi connectivity index (χ4v) is 2.61. The molecule has 1 heterocycles. The Morgan fingerprint density at radius 3 is 1.89 bits per heavy atom. The summed E-state index contributed by atoms with van der Waals surface area (Å²) in [6.45, 7) is 10.7. The molecule has 0 aromatic heterocycles. The lowest BCUT2D eigenvalue weighted by atomic mass is 9.79. The first kappa shape index (κ1) is 16.0. The quantitative estimate of drug-likeness (QED) is 0.768. The molecule has 3 atom stereocenters. The number of carboxylic acid groups (broad SMARTS) is 1. The molecule has 1 aliphatic heterocycles. The highest BCUT2D eigenvalue weighted by atomic mass is 16.4. The van der Waals surface area contributed by atoms with E-state index < -0.39 is 17.3 Å². The maximum atomic E-state index is 12.5. The van der Waals surface area contributed by atoms with Crippen LogP contribution in [0, 0.1) is 11.3 Å². The minimum Gasteiger partial charge on any atom is -0.481 e. The summed E-state index contributed by atoms with van der Waals surface area (Å²) >= 11 is 0. The van der Waals surface area contributed by atoms with E-state index in [0.717, 1.165) is 0 Å². The van der Waals surface area contributed by atoms with Gasteiger partial charge in [0, 0.05) is 25.2 Å². The number of aliphatic carboxylic acids is 1. The summed E-state index contributed by atoms with van der Waals surface area (Å²) in [5, 5.41) is 9.34. The van der Waals surface area contributed by atoms with E-state index in [2.05, 4.69) is 18.7 Å². The summed E-state index contributed by atoms with van der Waals surface area (Å²) < 4.78 is 0. The van der Waals surface area contributed by atoms with Crippen molar-refractivity contribution in [3.63, 3.8) is 0 Å². The third-order valence-electron chi connectivity index (χ3n) is 4.03. The normalized spacial score (nSPS) is 27.2. The average Bonchev–Trinajstić information content (AvgIpc) is 2.22. The van der Waals surface area contributed by atoms with E-state index in [0.29, 0.717) is 13.1 Å². The molecule has 19 heavy (non-hydrogen) atoms. The number of hydrogen-bond acceptors (Lipinski definition) is 3. The Morgan fingerprint density at radius 2 is 1.58 bits per heavy atom. The molecule has 1 aliphatic rings. The first-order chi connectivity index (χ1) is 8.55. The van der Waals surface area contributed by atoms with E-state index in [4.69, 9.17) is 0 Å². The van der Waals surface area contributed by atoms with Crippen LogP contribution in [0.1, 0.15) is 34.6 Å². The van der Waals surface area contributed by atoms with E-state index in [9.17, 15) is 14.7 Å². The Hall–Kier alpha value is -1.10. The molecule has 1 amide bonds. The van der Waals surface area contributed by atoms with Crippen molar-refractivity contribution in [3.8, 4) is 0 Å². The standard InChI is InChI=1S/C14H26N2O3/c1-9-7-16(8-10(2)15(9)6)12(17)11(13(18)19)14(3,4)5/h9-11H,7-8H2,1-6H3,(H,18,19). The van der Waals surface area contributed by atoms with Crippen LogP contribution in [0.4, 0.5) is 0 Å². The van der Waals surface area contributed by atoms with E-state index in [-0.39, 0.29) is 18.0 Å². The first-order valence-electron chi connectivity index (χ1n) is 6.79. The fourth-order valence-electron chi connectivity index (χ4n) is 2.61. The second-order valence-electron chi connectivity index (χ2n) is 6.74. The van der Waals surface area contributed by atoms with Crippen molar-refractivity contribution in [3.05, 3.63) is 0 Å². The SMILES string of the molecule is CC1CN(C(=O)C(C(=O)O)C(C)(C)C)CC(C)N1C. The second-order valence-corrected chi connectivity index (χ2v) is 6.74. The van der Waals surface area contributed by atoms with Gasteiger partial charge in [-0.2, -0.15) is 0 Å². The smallest absolute Gasteiger partial charge is 0.316 e. The number of hydrogen-bond donors (Lipinski definition) is 1. The van der Waals surface area contributed by atoms with Crippen LogP contribution < -0.4 is 0 Å².